The SMILES string of the molecule is Cc1nccn1CCCN1CCC[C@H](n2cnc(C(N)=O)n2)C1. The van der Waals surface area contributed by atoms with Crippen molar-refractivity contribution >= 4 is 5.91 Å². The van der Waals surface area contributed by atoms with Gasteiger partial charge in [-0.2, -0.15) is 0 Å². The molecule has 0 radical (unpaired) electrons. The maximum absolute atomic E-state index is 11.1. The summed E-state index contributed by atoms with van der Waals surface area (Å²) < 4.78 is 3.96. The summed E-state index contributed by atoms with van der Waals surface area (Å²) in [6.07, 6.45) is 8.75. The van der Waals surface area contributed by atoms with Crippen molar-refractivity contribution in [2.24, 2.45) is 5.73 Å². The van der Waals surface area contributed by atoms with Gasteiger partial charge in [-0.25, -0.2) is 14.6 Å². The number of primary amides is 1. The smallest absolute Gasteiger partial charge is 0.288 e. The summed E-state index contributed by atoms with van der Waals surface area (Å²) in [5, 5.41) is 4.19. The quantitative estimate of drug-likeness (QED) is 0.842. The molecule has 3 rings (SSSR count). The summed E-state index contributed by atoms with van der Waals surface area (Å²) in [6.45, 7) is 6.10. The minimum atomic E-state index is -0.577. The molecule has 1 amide bonds. The van der Waals surface area contributed by atoms with Crippen molar-refractivity contribution in [2.45, 2.75) is 38.8 Å². The number of carbonyl (C=O) groups excluding carboxylic acids is 1. The molecule has 0 bridgehead atoms. The van der Waals surface area contributed by atoms with Crippen LogP contribution >= 0.6 is 0 Å². The first-order chi connectivity index (χ1) is 11.1. The molecule has 0 unspecified atom stereocenters. The molecule has 2 N–H and O–H groups in total. The Kier molecular flexibility index (Phi) is 4.71. The van der Waals surface area contributed by atoms with Crippen molar-refractivity contribution in [1.29, 1.82) is 0 Å². The molecule has 1 aliphatic heterocycles. The molecule has 0 aromatic carbocycles. The van der Waals surface area contributed by atoms with E-state index in [2.05, 4.69) is 24.5 Å². The fourth-order valence-electron chi connectivity index (χ4n) is 3.12. The van der Waals surface area contributed by atoms with Crippen molar-refractivity contribution < 1.29 is 4.79 Å². The Morgan fingerprint density at radius 3 is 2.96 bits per heavy atom. The fraction of sp³-hybridized carbons (Fsp3) is 0.600. The van der Waals surface area contributed by atoms with Crippen LogP contribution in [0, 0.1) is 6.92 Å². The Morgan fingerprint density at radius 1 is 1.39 bits per heavy atom. The maximum atomic E-state index is 11.1. The second-order valence-electron chi connectivity index (χ2n) is 6.03. The average molecular weight is 317 g/mol. The number of hydrogen-bond acceptors (Lipinski definition) is 5. The van der Waals surface area contributed by atoms with Crippen molar-refractivity contribution in [2.75, 3.05) is 19.6 Å². The molecule has 3 heterocycles. The third-order valence-corrected chi connectivity index (χ3v) is 4.38. The van der Waals surface area contributed by atoms with Gasteiger partial charge >= 0.3 is 0 Å². The number of amides is 1. The van der Waals surface area contributed by atoms with Gasteiger partial charge in [0, 0.05) is 25.5 Å². The van der Waals surface area contributed by atoms with Crippen LogP contribution in [0.3, 0.4) is 0 Å². The van der Waals surface area contributed by atoms with Gasteiger partial charge in [0.1, 0.15) is 12.2 Å². The number of imidazole rings is 1. The molecule has 23 heavy (non-hydrogen) atoms. The summed E-state index contributed by atoms with van der Waals surface area (Å²) in [7, 11) is 0. The van der Waals surface area contributed by atoms with Crippen LogP contribution in [-0.2, 0) is 6.54 Å². The Morgan fingerprint density at radius 2 is 2.26 bits per heavy atom. The summed E-state index contributed by atoms with van der Waals surface area (Å²) in [5.41, 5.74) is 5.21. The minimum absolute atomic E-state index is 0.0951. The second kappa shape index (κ2) is 6.91. The number of nitrogens with zero attached hydrogens (tertiary/aromatic N) is 6. The molecular formula is C15H23N7O. The number of likely N-dealkylation sites (tertiary alicyclic amines) is 1. The second-order valence-corrected chi connectivity index (χ2v) is 6.03. The zero-order valence-electron chi connectivity index (χ0n) is 13.4. The van der Waals surface area contributed by atoms with E-state index in [1.807, 2.05) is 19.3 Å². The number of aromatic nitrogens is 5. The van der Waals surface area contributed by atoms with Gasteiger partial charge in [-0.15, -0.1) is 5.10 Å². The highest BCUT2D eigenvalue weighted by molar-refractivity contribution is 5.88. The number of nitrogens with two attached hydrogens (primary N) is 1. The van der Waals surface area contributed by atoms with Crippen LogP contribution in [0.15, 0.2) is 18.7 Å². The normalized spacial score (nSPS) is 19.1. The predicted octanol–water partition coefficient (Wildman–Crippen LogP) is 0.609. The number of piperidine rings is 1. The fourth-order valence-corrected chi connectivity index (χ4v) is 3.12. The first-order valence-electron chi connectivity index (χ1n) is 8.04. The van der Waals surface area contributed by atoms with Crippen LogP contribution in [0.2, 0.25) is 0 Å². The summed E-state index contributed by atoms with van der Waals surface area (Å²) in [4.78, 5) is 21.8. The standard InChI is InChI=1S/C15H23N7O/c1-12-17-5-9-21(12)8-3-7-20-6-2-4-13(10-20)22-11-18-15(19-22)14(16)23/h5,9,11,13H,2-4,6-8,10H2,1H3,(H2,16,23)/t13-/m0/s1. The number of aryl methyl sites for hydroxylation is 2. The molecule has 0 saturated carbocycles. The Labute approximate surface area is 135 Å². The van der Waals surface area contributed by atoms with Crippen molar-refractivity contribution in [3.63, 3.8) is 0 Å². The highest BCUT2D eigenvalue weighted by atomic mass is 16.1. The van der Waals surface area contributed by atoms with E-state index in [-0.39, 0.29) is 11.9 Å². The molecule has 8 nitrogen and oxygen atoms in total. The Hall–Kier alpha value is -2.22. The molecule has 2 aromatic rings. The van der Waals surface area contributed by atoms with Gasteiger partial charge < -0.3 is 15.2 Å². The van der Waals surface area contributed by atoms with Gasteiger partial charge in [-0.3, -0.25) is 4.79 Å². The van der Waals surface area contributed by atoms with E-state index in [9.17, 15) is 4.79 Å². The lowest BCUT2D eigenvalue weighted by molar-refractivity contribution is 0.0989. The van der Waals surface area contributed by atoms with E-state index < -0.39 is 5.91 Å². The molecule has 0 spiro atoms. The van der Waals surface area contributed by atoms with Gasteiger partial charge in [0.15, 0.2) is 0 Å². The van der Waals surface area contributed by atoms with E-state index in [4.69, 9.17) is 5.73 Å². The van der Waals surface area contributed by atoms with E-state index in [0.717, 1.165) is 51.3 Å². The van der Waals surface area contributed by atoms with Crippen molar-refractivity contribution in [3.05, 3.63) is 30.4 Å². The van der Waals surface area contributed by atoms with Gasteiger partial charge in [-0.1, -0.05) is 0 Å². The zero-order chi connectivity index (χ0) is 16.2. The molecular weight excluding hydrogens is 294 g/mol. The lowest BCUT2D eigenvalue weighted by Crippen LogP contribution is -2.37. The molecule has 0 aliphatic carbocycles. The molecule has 1 aliphatic rings. The Bertz CT molecular complexity index is 662. The topological polar surface area (TPSA) is 94.9 Å². The summed E-state index contributed by atoms with van der Waals surface area (Å²) in [5.74, 6) is 0.577. The first-order valence-corrected chi connectivity index (χ1v) is 8.04. The van der Waals surface area contributed by atoms with E-state index in [0.29, 0.717) is 0 Å². The van der Waals surface area contributed by atoms with Crippen molar-refractivity contribution in [3.8, 4) is 0 Å². The largest absolute Gasteiger partial charge is 0.363 e. The highest BCUT2D eigenvalue weighted by Gasteiger charge is 2.22. The minimum Gasteiger partial charge on any atom is -0.363 e. The van der Waals surface area contributed by atoms with Gasteiger partial charge in [0.05, 0.1) is 6.04 Å². The van der Waals surface area contributed by atoms with E-state index in [1.165, 1.54) is 0 Å². The Balaban J connectivity index is 1.51. The zero-order valence-corrected chi connectivity index (χ0v) is 13.4. The molecule has 124 valence electrons. The average Bonchev–Trinajstić information content (AvgIpc) is 3.17. The number of hydrogen-bond donors (Lipinski definition) is 1. The number of rotatable bonds is 6. The monoisotopic (exact) mass is 317 g/mol. The lowest BCUT2D eigenvalue weighted by Gasteiger charge is -2.32. The predicted molar refractivity (Wildman–Crippen MR) is 84.8 cm³/mol. The third kappa shape index (κ3) is 3.76. The van der Waals surface area contributed by atoms with Crippen molar-refractivity contribution in [1.82, 2.24) is 29.2 Å². The number of carbonyl (C=O) groups is 1. The third-order valence-electron chi connectivity index (χ3n) is 4.38. The summed E-state index contributed by atoms with van der Waals surface area (Å²) in [6, 6.07) is 0.263. The van der Waals surface area contributed by atoms with E-state index in [1.54, 1.807) is 11.0 Å². The summed E-state index contributed by atoms with van der Waals surface area (Å²) >= 11 is 0. The van der Waals surface area contributed by atoms with Crippen LogP contribution in [0.25, 0.3) is 0 Å². The molecule has 1 atom stereocenters. The van der Waals surface area contributed by atoms with Gasteiger partial charge in [0.25, 0.3) is 5.91 Å². The van der Waals surface area contributed by atoms with Crippen LogP contribution in [0.1, 0.15) is 41.7 Å². The molecule has 1 fully saturated rings. The molecule has 1 saturated heterocycles. The van der Waals surface area contributed by atoms with Gasteiger partial charge in [0.2, 0.25) is 5.82 Å². The lowest BCUT2D eigenvalue weighted by atomic mass is 10.1. The van der Waals surface area contributed by atoms with Gasteiger partial charge in [-0.05, 0) is 39.3 Å². The van der Waals surface area contributed by atoms with Crippen LogP contribution < -0.4 is 5.73 Å². The van der Waals surface area contributed by atoms with E-state index >= 15 is 0 Å². The first kappa shape index (κ1) is 15.7. The van der Waals surface area contributed by atoms with Crippen LogP contribution in [0.4, 0.5) is 0 Å². The van der Waals surface area contributed by atoms with Crippen LogP contribution in [-0.4, -0.2) is 54.8 Å². The molecule has 2 aromatic heterocycles. The van der Waals surface area contributed by atoms with Crippen LogP contribution in [0.5, 0.6) is 0 Å². The maximum Gasteiger partial charge on any atom is 0.288 e. The molecule has 8 heteroatoms. The highest BCUT2D eigenvalue weighted by Crippen LogP contribution is 2.20.